The summed E-state index contributed by atoms with van der Waals surface area (Å²) in [6, 6.07) is 18.1. The van der Waals surface area contributed by atoms with E-state index in [9.17, 15) is 0 Å². The lowest BCUT2D eigenvalue weighted by molar-refractivity contribution is 0.250. The van der Waals surface area contributed by atoms with Gasteiger partial charge in [-0.05, 0) is 23.8 Å². The Labute approximate surface area is 127 Å². The molecule has 2 heterocycles. The molecule has 22 heavy (non-hydrogen) atoms. The molecule has 108 valence electrons. The molecule has 2 aromatic carbocycles. The van der Waals surface area contributed by atoms with Gasteiger partial charge < -0.3 is 4.74 Å². The molecular formula is C17H14N4O. The molecule has 0 unspecified atom stereocenters. The normalized spacial score (nSPS) is 16.4. The van der Waals surface area contributed by atoms with E-state index in [1.54, 1.807) is 17.3 Å². The lowest BCUT2D eigenvalue weighted by Crippen LogP contribution is -2.18. The molecule has 5 heteroatoms. The van der Waals surface area contributed by atoms with Crippen molar-refractivity contribution in [1.82, 2.24) is 14.9 Å². The van der Waals surface area contributed by atoms with Crippen LogP contribution >= 0.6 is 0 Å². The van der Waals surface area contributed by atoms with Crippen LogP contribution in [-0.2, 0) is 0 Å². The first-order valence-electron chi connectivity index (χ1n) is 7.04. The van der Waals surface area contributed by atoms with Crippen LogP contribution < -0.4 is 10.2 Å². The third-order valence-corrected chi connectivity index (χ3v) is 3.55. The number of hydrogen-bond acceptors (Lipinski definition) is 4. The van der Waals surface area contributed by atoms with E-state index in [1.807, 2.05) is 42.5 Å². The molecule has 0 saturated carbocycles. The number of fused-ring (bicyclic) bond motifs is 1. The van der Waals surface area contributed by atoms with Gasteiger partial charge in [-0.3, -0.25) is 5.43 Å². The van der Waals surface area contributed by atoms with Gasteiger partial charge in [0.15, 0.2) is 0 Å². The van der Waals surface area contributed by atoms with Crippen molar-refractivity contribution in [2.45, 2.75) is 6.10 Å². The summed E-state index contributed by atoms with van der Waals surface area (Å²) in [5, 5.41) is 7.63. The Hall–Kier alpha value is -3.08. The first-order valence-corrected chi connectivity index (χ1v) is 7.04. The molecule has 0 amide bonds. The van der Waals surface area contributed by atoms with Gasteiger partial charge in [0.05, 0.1) is 5.70 Å². The fourth-order valence-electron chi connectivity index (χ4n) is 2.51. The fourth-order valence-corrected chi connectivity index (χ4v) is 2.51. The van der Waals surface area contributed by atoms with Crippen molar-refractivity contribution in [3.05, 3.63) is 84.5 Å². The van der Waals surface area contributed by atoms with Crippen LogP contribution in [-0.4, -0.2) is 14.9 Å². The number of nitrogens with one attached hydrogen (secondary N) is 1. The summed E-state index contributed by atoms with van der Waals surface area (Å²) >= 11 is 0. The summed E-state index contributed by atoms with van der Waals surface area (Å²) in [5.41, 5.74) is 6.39. The van der Waals surface area contributed by atoms with Gasteiger partial charge >= 0.3 is 0 Å². The smallest absolute Gasteiger partial charge is 0.144 e. The summed E-state index contributed by atoms with van der Waals surface area (Å²) in [4.78, 5) is 0. The summed E-state index contributed by atoms with van der Waals surface area (Å²) in [7, 11) is 0. The minimum atomic E-state index is -0.130. The molecule has 0 bridgehead atoms. The van der Waals surface area contributed by atoms with Crippen LogP contribution in [0.2, 0.25) is 0 Å². The quantitative estimate of drug-likeness (QED) is 0.805. The van der Waals surface area contributed by atoms with Gasteiger partial charge in [0, 0.05) is 5.56 Å². The van der Waals surface area contributed by atoms with E-state index in [0.29, 0.717) is 0 Å². The van der Waals surface area contributed by atoms with E-state index < -0.39 is 0 Å². The minimum absolute atomic E-state index is 0.130. The molecule has 3 aromatic rings. The van der Waals surface area contributed by atoms with Crippen LogP contribution in [0.1, 0.15) is 17.2 Å². The zero-order chi connectivity index (χ0) is 14.8. The second-order valence-corrected chi connectivity index (χ2v) is 5.01. The maximum Gasteiger partial charge on any atom is 0.144 e. The molecule has 1 atom stereocenters. The minimum Gasteiger partial charge on any atom is -0.481 e. The SMILES string of the molecule is C1=C(Nn2cnnc2)c2ccccc2O[C@H]1c1ccccc1. The highest BCUT2D eigenvalue weighted by atomic mass is 16.5. The van der Waals surface area contributed by atoms with Crippen molar-refractivity contribution in [1.29, 1.82) is 0 Å². The summed E-state index contributed by atoms with van der Waals surface area (Å²) in [6.45, 7) is 0. The topological polar surface area (TPSA) is 52.0 Å². The van der Waals surface area contributed by atoms with Crippen molar-refractivity contribution in [2.75, 3.05) is 5.43 Å². The lowest BCUT2D eigenvalue weighted by atomic mass is 10.0. The molecule has 0 radical (unpaired) electrons. The summed E-state index contributed by atoms with van der Waals surface area (Å²) in [5.74, 6) is 0.856. The van der Waals surface area contributed by atoms with Crippen molar-refractivity contribution in [3.63, 3.8) is 0 Å². The van der Waals surface area contributed by atoms with E-state index in [1.165, 1.54) is 0 Å². The van der Waals surface area contributed by atoms with E-state index in [4.69, 9.17) is 4.74 Å². The van der Waals surface area contributed by atoms with Gasteiger partial charge in [0.1, 0.15) is 24.5 Å². The first kappa shape index (κ1) is 12.6. The number of nitrogens with zero attached hydrogens (tertiary/aromatic N) is 3. The Morgan fingerprint density at radius 1 is 0.909 bits per heavy atom. The van der Waals surface area contributed by atoms with Crippen molar-refractivity contribution in [3.8, 4) is 5.75 Å². The standard InChI is InChI=1S/C17H14N4O/c1-2-6-13(7-3-1)17-10-15(20-21-11-18-19-12-21)14-8-4-5-9-16(14)22-17/h1-12,17,20H/t17-/m1/s1. The predicted molar refractivity (Wildman–Crippen MR) is 83.6 cm³/mol. The number of rotatable bonds is 3. The monoisotopic (exact) mass is 290 g/mol. The molecule has 0 aliphatic carbocycles. The highest BCUT2D eigenvalue weighted by Gasteiger charge is 2.21. The van der Waals surface area contributed by atoms with Gasteiger partial charge in [-0.1, -0.05) is 42.5 Å². The number of aromatic nitrogens is 3. The molecule has 1 N–H and O–H groups in total. The fraction of sp³-hybridized carbons (Fsp3) is 0.0588. The molecule has 0 spiro atoms. The third-order valence-electron chi connectivity index (χ3n) is 3.55. The predicted octanol–water partition coefficient (Wildman–Crippen LogP) is 3.00. The maximum atomic E-state index is 6.11. The molecule has 1 aliphatic heterocycles. The van der Waals surface area contributed by atoms with Gasteiger partial charge in [-0.25, -0.2) is 4.68 Å². The average molecular weight is 290 g/mol. The number of ether oxygens (including phenoxy) is 1. The molecular weight excluding hydrogens is 276 g/mol. The Bertz CT molecular complexity index is 797. The van der Waals surface area contributed by atoms with Crippen LogP contribution in [0, 0.1) is 0 Å². The van der Waals surface area contributed by atoms with Gasteiger partial charge in [-0.15, -0.1) is 10.2 Å². The molecule has 0 saturated heterocycles. The van der Waals surface area contributed by atoms with E-state index in [2.05, 4.69) is 33.8 Å². The largest absolute Gasteiger partial charge is 0.481 e. The average Bonchev–Trinajstić information content (AvgIpc) is 3.09. The molecule has 1 aromatic heterocycles. The second-order valence-electron chi connectivity index (χ2n) is 5.01. The Kier molecular flexibility index (Phi) is 3.08. The van der Waals surface area contributed by atoms with Gasteiger partial charge in [0.25, 0.3) is 0 Å². The van der Waals surface area contributed by atoms with Crippen LogP contribution in [0.5, 0.6) is 5.75 Å². The lowest BCUT2D eigenvalue weighted by Gasteiger charge is -2.26. The van der Waals surface area contributed by atoms with Crippen LogP contribution in [0.15, 0.2) is 73.3 Å². The van der Waals surface area contributed by atoms with E-state index in [-0.39, 0.29) is 6.10 Å². The summed E-state index contributed by atoms with van der Waals surface area (Å²) in [6.07, 6.45) is 5.18. The highest BCUT2D eigenvalue weighted by molar-refractivity contribution is 5.75. The van der Waals surface area contributed by atoms with Crippen LogP contribution in [0.4, 0.5) is 0 Å². The molecule has 0 fully saturated rings. The van der Waals surface area contributed by atoms with Gasteiger partial charge in [0.2, 0.25) is 0 Å². The Balaban J connectivity index is 1.75. The zero-order valence-electron chi connectivity index (χ0n) is 11.8. The third kappa shape index (κ3) is 2.33. The maximum absolute atomic E-state index is 6.11. The first-order chi connectivity index (χ1) is 10.9. The highest BCUT2D eigenvalue weighted by Crippen LogP contribution is 2.36. The number of benzene rings is 2. The molecule has 4 rings (SSSR count). The second kappa shape index (κ2) is 5.37. The number of para-hydroxylation sites is 1. The summed E-state index contributed by atoms with van der Waals surface area (Å²) < 4.78 is 7.83. The Morgan fingerprint density at radius 2 is 1.64 bits per heavy atom. The zero-order valence-corrected chi connectivity index (χ0v) is 11.8. The molecule has 5 nitrogen and oxygen atoms in total. The van der Waals surface area contributed by atoms with E-state index >= 15 is 0 Å². The number of hydrogen-bond donors (Lipinski definition) is 1. The van der Waals surface area contributed by atoms with Crippen molar-refractivity contribution in [2.24, 2.45) is 0 Å². The van der Waals surface area contributed by atoms with Gasteiger partial charge in [-0.2, -0.15) is 0 Å². The van der Waals surface area contributed by atoms with Crippen molar-refractivity contribution < 1.29 is 4.74 Å². The van der Waals surface area contributed by atoms with E-state index in [0.717, 1.165) is 22.6 Å². The van der Waals surface area contributed by atoms with Crippen LogP contribution in [0.25, 0.3) is 5.70 Å². The van der Waals surface area contributed by atoms with Crippen LogP contribution in [0.3, 0.4) is 0 Å². The van der Waals surface area contributed by atoms with Crippen molar-refractivity contribution >= 4 is 5.70 Å². The molecule has 1 aliphatic rings. The Morgan fingerprint density at radius 3 is 2.45 bits per heavy atom.